The summed E-state index contributed by atoms with van der Waals surface area (Å²) in [6.45, 7) is 3.68. The van der Waals surface area contributed by atoms with E-state index in [0.29, 0.717) is 23.0 Å². The van der Waals surface area contributed by atoms with Gasteiger partial charge in [-0.15, -0.1) is 0 Å². The van der Waals surface area contributed by atoms with Crippen molar-refractivity contribution in [2.75, 3.05) is 23.7 Å². The Morgan fingerprint density at radius 1 is 1.17 bits per heavy atom. The molecule has 6 nitrogen and oxygen atoms in total. The van der Waals surface area contributed by atoms with Crippen molar-refractivity contribution in [3.05, 3.63) is 54.2 Å². The minimum Gasteiger partial charge on any atom is -0.326 e. The Bertz CT molecular complexity index is 729. The van der Waals surface area contributed by atoms with Crippen molar-refractivity contribution >= 4 is 23.3 Å². The van der Waals surface area contributed by atoms with E-state index in [4.69, 9.17) is 0 Å². The van der Waals surface area contributed by atoms with E-state index in [1.54, 1.807) is 48.7 Å². The molecule has 3 rings (SSSR count). The molecular weight excluding hydrogens is 304 g/mol. The fourth-order valence-electron chi connectivity index (χ4n) is 2.50. The van der Waals surface area contributed by atoms with Gasteiger partial charge < -0.3 is 16.0 Å². The summed E-state index contributed by atoms with van der Waals surface area (Å²) in [7, 11) is 0. The molecule has 2 amide bonds. The van der Waals surface area contributed by atoms with Crippen molar-refractivity contribution < 1.29 is 9.59 Å². The SMILES string of the molecule is CC(C(=O)Nc1cccc(C(=O)Nc2ccccn2)c1)C1CNC1. The largest absolute Gasteiger partial charge is 0.326 e. The Balaban J connectivity index is 1.65. The van der Waals surface area contributed by atoms with Crippen LogP contribution in [0.5, 0.6) is 0 Å². The lowest BCUT2D eigenvalue weighted by Gasteiger charge is -2.31. The van der Waals surface area contributed by atoms with Gasteiger partial charge in [-0.25, -0.2) is 4.98 Å². The third kappa shape index (κ3) is 3.78. The summed E-state index contributed by atoms with van der Waals surface area (Å²) in [5, 5.41) is 8.78. The zero-order chi connectivity index (χ0) is 16.9. The van der Waals surface area contributed by atoms with E-state index in [2.05, 4.69) is 20.9 Å². The van der Waals surface area contributed by atoms with Gasteiger partial charge in [0.15, 0.2) is 0 Å². The third-order valence-corrected chi connectivity index (χ3v) is 4.23. The number of aromatic nitrogens is 1. The molecule has 1 unspecified atom stereocenters. The molecule has 3 N–H and O–H groups in total. The van der Waals surface area contributed by atoms with Crippen molar-refractivity contribution in [1.29, 1.82) is 0 Å². The Kier molecular flexibility index (Phi) is 4.86. The second-order valence-corrected chi connectivity index (χ2v) is 5.95. The lowest BCUT2D eigenvalue weighted by molar-refractivity contribution is -0.121. The summed E-state index contributed by atoms with van der Waals surface area (Å²) in [6, 6.07) is 12.2. The lowest BCUT2D eigenvalue weighted by Crippen LogP contribution is -2.48. The first-order valence-corrected chi connectivity index (χ1v) is 7.97. The fourth-order valence-corrected chi connectivity index (χ4v) is 2.50. The second kappa shape index (κ2) is 7.23. The zero-order valence-corrected chi connectivity index (χ0v) is 13.5. The molecular formula is C18H20N4O2. The molecule has 0 aliphatic carbocycles. The summed E-state index contributed by atoms with van der Waals surface area (Å²) in [5.74, 6) is 0.519. The van der Waals surface area contributed by atoms with Crippen LogP contribution in [0.25, 0.3) is 0 Å². The predicted molar refractivity (Wildman–Crippen MR) is 92.8 cm³/mol. The van der Waals surface area contributed by atoms with Gasteiger partial charge in [-0.3, -0.25) is 9.59 Å². The summed E-state index contributed by atoms with van der Waals surface area (Å²) < 4.78 is 0. The molecule has 1 aliphatic heterocycles. The number of nitrogens with one attached hydrogen (secondary N) is 3. The first-order chi connectivity index (χ1) is 11.6. The number of rotatable bonds is 5. The van der Waals surface area contributed by atoms with E-state index in [1.807, 2.05) is 6.92 Å². The van der Waals surface area contributed by atoms with Crippen molar-refractivity contribution in [3.63, 3.8) is 0 Å². The average molecular weight is 324 g/mol. The highest BCUT2D eigenvalue weighted by Gasteiger charge is 2.28. The van der Waals surface area contributed by atoms with E-state index in [-0.39, 0.29) is 17.7 Å². The quantitative estimate of drug-likeness (QED) is 0.787. The Morgan fingerprint density at radius 2 is 2.00 bits per heavy atom. The van der Waals surface area contributed by atoms with Gasteiger partial charge in [0.25, 0.3) is 5.91 Å². The van der Waals surface area contributed by atoms with Crippen molar-refractivity contribution in [1.82, 2.24) is 10.3 Å². The monoisotopic (exact) mass is 324 g/mol. The third-order valence-electron chi connectivity index (χ3n) is 4.23. The number of carbonyl (C=O) groups is 2. The molecule has 0 radical (unpaired) electrons. The van der Waals surface area contributed by atoms with E-state index in [9.17, 15) is 9.59 Å². The molecule has 1 atom stereocenters. The van der Waals surface area contributed by atoms with Gasteiger partial charge in [-0.05, 0) is 49.3 Å². The van der Waals surface area contributed by atoms with Crippen LogP contribution < -0.4 is 16.0 Å². The molecule has 1 saturated heterocycles. The van der Waals surface area contributed by atoms with Crippen molar-refractivity contribution in [2.45, 2.75) is 6.92 Å². The highest BCUT2D eigenvalue weighted by atomic mass is 16.2. The van der Waals surface area contributed by atoms with Crippen LogP contribution in [0.2, 0.25) is 0 Å². The summed E-state index contributed by atoms with van der Waals surface area (Å²) in [6.07, 6.45) is 1.61. The molecule has 1 aromatic carbocycles. The van der Waals surface area contributed by atoms with E-state index in [0.717, 1.165) is 13.1 Å². The zero-order valence-electron chi connectivity index (χ0n) is 13.5. The molecule has 0 saturated carbocycles. The van der Waals surface area contributed by atoms with Gasteiger partial charge >= 0.3 is 0 Å². The highest BCUT2D eigenvalue weighted by Crippen LogP contribution is 2.19. The van der Waals surface area contributed by atoms with Gasteiger partial charge in [0, 0.05) is 23.4 Å². The summed E-state index contributed by atoms with van der Waals surface area (Å²) in [4.78, 5) is 28.6. The summed E-state index contributed by atoms with van der Waals surface area (Å²) >= 11 is 0. The van der Waals surface area contributed by atoms with Crippen LogP contribution in [0.15, 0.2) is 48.7 Å². The summed E-state index contributed by atoms with van der Waals surface area (Å²) in [5.41, 5.74) is 1.09. The number of hydrogen-bond donors (Lipinski definition) is 3. The van der Waals surface area contributed by atoms with Gasteiger partial charge in [0.2, 0.25) is 5.91 Å². The Hall–Kier alpha value is -2.73. The van der Waals surface area contributed by atoms with E-state index in [1.165, 1.54) is 0 Å². The maximum atomic E-state index is 12.3. The van der Waals surface area contributed by atoms with Crippen LogP contribution in [-0.4, -0.2) is 29.9 Å². The number of hydrogen-bond acceptors (Lipinski definition) is 4. The van der Waals surface area contributed by atoms with Gasteiger partial charge in [-0.2, -0.15) is 0 Å². The van der Waals surface area contributed by atoms with Crippen LogP contribution in [0.4, 0.5) is 11.5 Å². The van der Waals surface area contributed by atoms with Crippen molar-refractivity contribution in [2.24, 2.45) is 11.8 Å². The molecule has 0 bridgehead atoms. The highest BCUT2D eigenvalue weighted by molar-refractivity contribution is 6.05. The number of benzene rings is 1. The normalized spacial score (nSPS) is 15.2. The number of nitrogens with zero attached hydrogens (tertiary/aromatic N) is 1. The molecule has 1 aliphatic rings. The number of pyridine rings is 1. The van der Waals surface area contributed by atoms with Crippen molar-refractivity contribution in [3.8, 4) is 0 Å². The number of amides is 2. The van der Waals surface area contributed by atoms with Crippen LogP contribution in [-0.2, 0) is 4.79 Å². The maximum absolute atomic E-state index is 12.3. The minimum atomic E-state index is -0.263. The molecule has 6 heteroatoms. The average Bonchev–Trinajstić information content (AvgIpc) is 2.54. The first kappa shape index (κ1) is 16.1. The molecule has 1 fully saturated rings. The predicted octanol–water partition coefficient (Wildman–Crippen LogP) is 2.13. The standard InChI is InChI=1S/C18H20N4O2/c1-12(14-10-19-11-14)17(23)21-15-6-4-5-13(9-15)18(24)22-16-7-2-3-8-20-16/h2-9,12,14,19H,10-11H2,1H3,(H,21,23)(H,20,22,24). The van der Waals surface area contributed by atoms with Crippen LogP contribution in [0.1, 0.15) is 17.3 Å². The fraction of sp³-hybridized carbons (Fsp3) is 0.278. The number of carbonyl (C=O) groups excluding carboxylic acids is 2. The molecule has 124 valence electrons. The molecule has 24 heavy (non-hydrogen) atoms. The van der Waals surface area contributed by atoms with E-state index >= 15 is 0 Å². The van der Waals surface area contributed by atoms with Gasteiger partial charge in [0.05, 0.1) is 0 Å². The second-order valence-electron chi connectivity index (χ2n) is 5.95. The molecule has 2 aromatic rings. The Morgan fingerprint density at radius 3 is 2.67 bits per heavy atom. The first-order valence-electron chi connectivity index (χ1n) is 7.97. The number of anilines is 2. The van der Waals surface area contributed by atoms with Crippen LogP contribution >= 0.6 is 0 Å². The smallest absolute Gasteiger partial charge is 0.256 e. The topological polar surface area (TPSA) is 83.1 Å². The lowest BCUT2D eigenvalue weighted by atomic mass is 9.88. The molecule has 2 heterocycles. The Labute approximate surface area is 140 Å². The maximum Gasteiger partial charge on any atom is 0.256 e. The molecule has 0 spiro atoms. The van der Waals surface area contributed by atoms with Crippen LogP contribution in [0.3, 0.4) is 0 Å². The van der Waals surface area contributed by atoms with Crippen LogP contribution in [0, 0.1) is 11.8 Å². The molecule has 1 aromatic heterocycles. The minimum absolute atomic E-state index is 0.0243. The van der Waals surface area contributed by atoms with Gasteiger partial charge in [-0.1, -0.05) is 19.1 Å². The van der Waals surface area contributed by atoms with E-state index < -0.39 is 0 Å². The van der Waals surface area contributed by atoms with Gasteiger partial charge in [0.1, 0.15) is 5.82 Å².